The summed E-state index contributed by atoms with van der Waals surface area (Å²) in [6.45, 7) is 17.6. The van der Waals surface area contributed by atoms with Gasteiger partial charge in [-0.1, -0.05) is 54.9 Å². The number of hydrogen-bond donors (Lipinski definition) is 0. The van der Waals surface area contributed by atoms with Gasteiger partial charge in [0, 0.05) is 0 Å². The van der Waals surface area contributed by atoms with E-state index in [0.717, 1.165) is 5.92 Å². The summed E-state index contributed by atoms with van der Waals surface area (Å²) in [5.41, 5.74) is 2.31. The summed E-state index contributed by atoms with van der Waals surface area (Å²) in [6, 6.07) is 0. The van der Waals surface area contributed by atoms with Crippen LogP contribution in [0.5, 0.6) is 0 Å². The Hall–Kier alpha value is 0. The lowest BCUT2D eigenvalue weighted by molar-refractivity contribution is -0.0637. The molecule has 0 aromatic rings. The fourth-order valence-corrected chi connectivity index (χ4v) is 6.09. The van der Waals surface area contributed by atoms with Gasteiger partial charge in [-0.25, -0.2) is 0 Å². The van der Waals surface area contributed by atoms with E-state index in [1.165, 1.54) is 38.5 Å². The van der Waals surface area contributed by atoms with Gasteiger partial charge < -0.3 is 0 Å². The molecule has 0 aromatic heterocycles. The molecule has 0 bridgehead atoms. The topological polar surface area (TPSA) is 0 Å². The maximum atomic E-state index is 2.60. The zero-order chi connectivity index (χ0) is 13.8. The van der Waals surface area contributed by atoms with E-state index in [1.807, 2.05) is 0 Å². The van der Waals surface area contributed by atoms with Crippen LogP contribution < -0.4 is 0 Å². The summed E-state index contributed by atoms with van der Waals surface area (Å²) < 4.78 is 0. The first kappa shape index (κ1) is 14.4. The summed E-state index contributed by atoms with van der Waals surface area (Å²) in [7, 11) is 0. The van der Waals surface area contributed by atoms with Crippen LogP contribution in [0.2, 0.25) is 0 Å². The molecule has 0 radical (unpaired) electrons. The highest BCUT2D eigenvalue weighted by atomic mass is 14.7. The molecule has 0 heteroatoms. The number of fused-ring (bicyclic) bond motifs is 1. The summed E-state index contributed by atoms with van der Waals surface area (Å²) >= 11 is 0. The SMILES string of the molecule is CCCC1(C)CC2(C)CC(C)(C)CC2(C)CC1C. The lowest BCUT2D eigenvalue weighted by Gasteiger charge is -2.56. The molecule has 2 fully saturated rings. The second-order valence-corrected chi connectivity index (χ2v) is 9.33. The predicted octanol–water partition coefficient (Wildman–Crippen LogP) is 6.06. The number of rotatable bonds is 2. The average Bonchev–Trinajstić information content (AvgIpc) is 2.30. The van der Waals surface area contributed by atoms with Crippen LogP contribution >= 0.6 is 0 Å². The van der Waals surface area contributed by atoms with Crippen molar-refractivity contribution >= 4 is 0 Å². The third-order valence-electron chi connectivity index (χ3n) is 6.76. The van der Waals surface area contributed by atoms with Crippen molar-refractivity contribution in [1.82, 2.24) is 0 Å². The molecule has 0 heterocycles. The second kappa shape index (κ2) is 4.00. The minimum atomic E-state index is 0.556. The van der Waals surface area contributed by atoms with E-state index in [4.69, 9.17) is 0 Å². The van der Waals surface area contributed by atoms with E-state index < -0.39 is 0 Å². The van der Waals surface area contributed by atoms with Crippen molar-refractivity contribution < 1.29 is 0 Å². The first-order valence-corrected chi connectivity index (χ1v) is 8.06. The molecule has 0 nitrogen and oxygen atoms in total. The molecule has 0 N–H and O–H groups in total. The Balaban J connectivity index is 2.32. The Bertz CT molecular complexity index is 329. The van der Waals surface area contributed by atoms with Gasteiger partial charge in [0.1, 0.15) is 0 Å². The van der Waals surface area contributed by atoms with Gasteiger partial charge in [0.05, 0.1) is 0 Å². The van der Waals surface area contributed by atoms with Crippen molar-refractivity contribution in [1.29, 1.82) is 0 Å². The van der Waals surface area contributed by atoms with Gasteiger partial charge in [-0.05, 0) is 59.7 Å². The molecule has 4 unspecified atom stereocenters. The van der Waals surface area contributed by atoms with Crippen molar-refractivity contribution in [2.24, 2.45) is 27.6 Å². The average molecular weight is 250 g/mol. The quantitative estimate of drug-likeness (QED) is 0.559. The fraction of sp³-hybridized carbons (Fsp3) is 1.00. The second-order valence-electron chi connectivity index (χ2n) is 9.33. The zero-order valence-corrected chi connectivity index (χ0v) is 13.8. The first-order valence-electron chi connectivity index (χ1n) is 8.06. The highest BCUT2D eigenvalue weighted by Crippen LogP contribution is 2.70. The van der Waals surface area contributed by atoms with E-state index in [-0.39, 0.29) is 0 Å². The summed E-state index contributed by atoms with van der Waals surface area (Å²) in [5.74, 6) is 0.893. The summed E-state index contributed by atoms with van der Waals surface area (Å²) in [5, 5.41) is 0. The monoisotopic (exact) mass is 250 g/mol. The summed E-state index contributed by atoms with van der Waals surface area (Å²) in [4.78, 5) is 0. The lowest BCUT2D eigenvalue weighted by Crippen LogP contribution is -2.47. The van der Waals surface area contributed by atoms with Crippen LogP contribution in [-0.4, -0.2) is 0 Å². The molecule has 2 rings (SSSR count). The maximum absolute atomic E-state index is 2.60. The molecule has 0 aliphatic heterocycles. The van der Waals surface area contributed by atoms with E-state index >= 15 is 0 Å². The zero-order valence-electron chi connectivity index (χ0n) is 13.8. The lowest BCUT2D eigenvalue weighted by atomic mass is 9.49. The van der Waals surface area contributed by atoms with Crippen molar-refractivity contribution in [3.05, 3.63) is 0 Å². The largest absolute Gasteiger partial charge is 0.0654 e. The fourth-order valence-electron chi connectivity index (χ4n) is 6.09. The van der Waals surface area contributed by atoms with Crippen LogP contribution in [0.25, 0.3) is 0 Å². The molecule has 106 valence electrons. The van der Waals surface area contributed by atoms with Gasteiger partial charge in [0.15, 0.2) is 0 Å². The highest BCUT2D eigenvalue weighted by Gasteiger charge is 2.61. The standard InChI is InChI=1S/C18H34/c1-8-9-16(5)13-18(7)12-15(3,4)11-17(18,6)10-14(16)2/h14H,8-13H2,1-7H3. The van der Waals surface area contributed by atoms with Crippen LogP contribution in [0.4, 0.5) is 0 Å². The predicted molar refractivity (Wildman–Crippen MR) is 80.6 cm³/mol. The van der Waals surface area contributed by atoms with E-state index in [9.17, 15) is 0 Å². The molecule has 18 heavy (non-hydrogen) atoms. The Morgan fingerprint density at radius 3 is 2.00 bits per heavy atom. The number of hydrogen-bond acceptors (Lipinski definition) is 0. The van der Waals surface area contributed by atoms with Crippen LogP contribution in [0, 0.1) is 27.6 Å². The highest BCUT2D eigenvalue weighted by molar-refractivity contribution is 5.10. The molecule has 0 saturated heterocycles. The van der Waals surface area contributed by atoms with Crippen molar-refractivity contribution in [3.8, 4) is 0 Å². The molecule has 2 aliphatic rings. The van der Waals surface area contributed by atoms with Gasteiger partial charge in [-0.2, -0.15) is 0 Å². The Morgan fingerprint density at radius 2 is 1.44 bits per heavy atom. The molecule has 0 amide bonds. The Morgan fingerprint density at radius 1 is 0.889 bits per heavy atom. The Labute approximate surface area is 115 Å². The molecule has 0 aromatic carbocycles. The molecule has 4 atom stereocenters. The third-order valence-corrected chi connectivity index (χ3v) is 6.76. The van der Waals surface area contributed by atoms with Gasteiger partial charge in [-0.15, -0.1) is 0 Å². The van der Waals surface area contributed by atoms with Crippen LogP contribution in [0.3, 0.4) is 0 Å². The van der Waals surface area contributed by atoms with Crippen LogP contribution in [-0.2, 0) is 0 Å². The molecular formula is C18H34. The summed E-state index contributed by atoms with van der Waals surface area (Å²) in [6.07, 6.45) is 8.53. The molecule has 2 aliphatic carbocycles. The van der Waals surface area contributed by atoms with Crippen LogP contribution in [0.15, 0.2) is 0 Å². The van der Waals surface area contributed by atoms with Gasteiger partial charge in [0.2, 0.25) is 0 Å². The molecular weight excluding hydrogens is 216 g/mol. The van der Waals surface area contributed by atoms with E-state index in [1.54, 1.807) is 0 Å². The van der Waals surface area contributed by atoms with Crippen molar-refractivity contribution in [2.75, 3.05) is 0 Å². The third kappa shape index (κ3) is 2.04. The van der Waals surface area contributed by atoms with E-state index in [2.05, 4.69) is 48.5 Å². The van der Waals surface area contributed by atoms with Crippen LogP contribution in [0.1, 0.15) is 87.0 Å². The van der Waals surface area contributed by atoms with E-state index in [0.29, 0.717) is 21.7 Å². The van der Waals surface area contributed by atoms with Crippen molar-refractivity contribution in [2.45, 2.75) is 87.0 Å². The van der Waals surface area contributed by atoms with Gasteiger partial charge in [-0.3, -0.25) is 0 Å². The van der Waals surface area contributed by atoms with Gasteiger partial charge >= 0.3 is 0 Å². The van der Waals surface area contributed by atoms with Crippen molar-refractivity contribution in [3.63, 3.8) is 0 Å². The first-order chi connectivity index (χ1) is 8.06. The smallest absolute Gasteiger partial charge is 0.0261 e. The minimum Gasteiger partial charge on any atom is -0.0654 e. The van der Waals surface area contributed by atoms with Gasteiger partial charge in [0.25, 0.3) is 0 Å². The minimum absolute atomic E-state index is 0.556. The maximum Gasteiger partial charge on any atom is -0.0261 e. The molecule has 0 spiro atoms. The normalized spacial score (nSPS) is 51.2. The molecule has 2 saturated carbocycles. The Kier molecular flexibility index (Phi) is 3.20.